The zero-order chi connectivity index (χ0) is 4.99. The molecule has 0 saturated heterocycles. The van der Waals surface area contributed by atoms with Gasteiger partial charge in [-0.05, 0) is 0 Å². The average Bonchev–Trinajstić information content (AvgIpc) is 1.65. The van der Waals surface area contributed by atoms with Crippen molar-refractivity contribution < 1.29 is 13.5 Å². The molecule has 0 aromatic rings. The Bertz CT molecular complexity index is 48.8. The van der Waals surface area contributed by atoms with Crippen LogP contribution < -0.4 is 0 Å². The summed E-state index contributed by atoms with van der Waals surface area (Å²) < 4.78 is 17.5. The van der Waals surface area contributed by atoms with Crippen molar-refractivity contribution in [2.24, 2.45) is 0 Å². The van der Waals surface area contributed by atoms with Gasteiger partial charge in [-0.25, -0.2) is 4.44 Å². The molecule has 0 N–H and O–H groups in total. The van der Waals surface area contributed by atoms with E-state index in [4.69, 9.17) is 0 Å². The number of hydrogen-bond acceptors (Lipinski definition) is 3. The first-order valence-corrected chi connectivity index (χ1v) is 2.29. The Balaban J connectivity index is 2.99. The minimum absolute atomic E-state index is 1.24. The second-order valence-electron chi connectivity index (χ2n) is 0.512. The van der Waals surface area contributed by atoms with Crippen molar-refractivity contribution in [3.8, 4) is 0 Å². The summed E-state index contributed by atoms with van der Waals surface area (Å²) in [6.07, 6.45) is 0. The summed E-state index contributed by atoms with van der Waals surface area (Å²) in [4.78, 5) is 0. The van der Waals surface area contributed by atoms with Gasteiger partial charge in [-0.15, -0.1) is 4.52 Å². The van der Waals surface area contributed by atoms with Crippen molar-refractivity contribution in [3.05, 3.63) is 0 Å². The fourth-order valence-corrected chi connectivity index (χ4v) is 0.129. The molecule has 1 atom stereocenters. The summed E-state index contributed by atoms with van der Waals surface area (Å²) in [5.41, 5.74) is 0. The van der Waals surface area contributed by atoms with E-state index in [0.717, 1.165) is 0 Å². The lowest BCUT2D eigenvalue weighted by atomic mass is 10.6. The summed E-state index contributed by atoms with van der Waals surface area (Å²) in [6.45, 7) is 0. The van der Waals surface area contributed by atoms with E-state index >= 15 is 0 Å². The van der Waals surface area contributed by atoms with Gasteiger partial charge in [-0.3, -0.25) is 0 Å². The number of rotatable bonds is 2. The van der Waals surface area contributed by atoms with Crippen LogP contribution in [0.2, 0.25) is 0 Å². The van der Waals surface area contributed by atoms with Crippen LogP contribution in [0.25, 0.3) is 0 Å². The first kappa shape index (κ1) is 6.08. The van der Waals surface area contributed by atoms with Crippen LogP contribution >= 0.6 is 8.25 Å². The van der Waals surface area contributed by atoms with Gasteiger partial charge in [0, 0.05) is 4.57 Å². The third-order valence-electron chi connectivity index (χ3n) is 0.235. The van der Waals surface area contributed by atoms with E-state index in [1.54, 1.807) is 0 Å². The van der Waals surface area contributed by atoms with Crippen molar-refractivity contribution in [2.45, 2.75) is 0 Å². The molecule has 0 spiro atoms. The molecule has 0 aliphatic carbocycles. The second kappa shape index (κ2) is 3.28. The van der Waals surface area contributed by atoms with Crippen LogP contribution in [0.1, 0.15) is 0 Å². The predicted octanol–water partition coefficient (Wildman–Crippen LogP) is 0.390. The molecule has 0 rings (SSSR count). The first-order valence-electron chi connectivity index (χ1n) is 1.19. The zero-order valence-corrected chi connectivity index (χ0v) is 4.14. The molecule has 0 aromatic heterocycles. The van der Waals surface area contributed by atoms with E-state index in [0.29, 0.717) is 0 Å². The summed E-state index contributed by atoms with van der Waals surface area (Å²) in [5.74, 6) is 0. The lowest BCUT2D eigenvalue weighted by Gasteiger charge is -1.67. The summed E-state index contributed by atoms with van der Waals surface area (Å²) in [5, 5.41) is 0. The highest BCUT2D eigenvalue weighted by atomic mass is 31.1. The minimum Gasteiger partial charge on any atom is -0.206 e. The average molecular weight is 105 g/mol. The van der Waals surface area contributed by atoms with Crippen molar-refractivity contribution in [2.75, 3.05) is 7.11 Å². The topological polar surface area (TPSA) is 35.5 Å². The monoisotopic (exact) mass is 105 g/mol. The van der Waals surface area contributed by atoms with E-state index in [1.165, 1.54) is 7.11 Å². The van der Waals surface area contributed by atoms with Crippen LogP contribution in [-0.2, 0) is 13.5 Å². The van der Waals surface area contributed by atoms with Gasteiger partial charge in [0.05, 0.1) is 7.11 Å². The predicted molar refractivity (Wildman–Crippen MR) is 21.5 cm³/mol. The Morgan fingerprint density at radius 1 is 1.83 bits per heavy atom. The minimum atomic E-state index is -2.05. The Kier molecular flexibility index (Phi) is 3.33. The lowest BCUT2D eigenvalue weighted by molar-refractivity contribution is 0.357. The molecule has 0 aliphatic rings. The maximum absolute atomic E-state index is 9.76. The van der Waals surface area contributed by atoms with E-state index in [-0.39, 0.29) is 0 Å². The third-order valence-corrected chi connectivity index (χ3v) is 0.705. The van der Waals surface area contributed by atoms with E-state index < -0.39 is 8.25 Å². The molecule has 6 heavy (non-hydrogen) atoms. The largest absolute Gasteiger partial charge is 0.679 e. The molecule has 0 bridgehead atoms. The third kappa shape index (κ3) is 2.33. The summed E-state index contributed by atoms with van der Waals surface area (Å²) in [7, 11) is 3.57. The Labute approximate surface area is 38.0 Å². The molecule has 0 aromatic carbocycles. The van der Waals surface area contributed by atoms with E-state index in [2.05, 4.69) is 17.0 Å². The molecule has 3 nitrogen and oxygen atoms in total. The molecule has 0 fully saturated rings. The van der Waals surface area contributed by atoms with Crippen molar-refractivity contribution in [1.29, 1.82) is 0 Å². The van der Waals surface area contributed by atoms with Gasteiger partial charge in [-0.1, -0.05) is 0 Å². The van der Waals surface area contributed by atoms with Crippen molar-refractivity contribution >= 4 is 16.3 Å². The standard InChI is InChI=1S/CH3BO3P/c1-4-6(3)5-2/h1H3/q+1. The second-order valence-corrected chi connectivity index (χ2v) is 1.53. The Hall–Kier alpha value is 0.0849. The highest BCUT2D eigenvalue weighted by Gasteiger charge is 2.09. The highest BCUT2D eigenvalue weighted by Crippen LogP contribution is 2.17. The van der Waals surface area contributed by atoms with Gasteiger partial charge in [0.2, 0.25) is 0 Å². The Morgan fingerprint density at radius 3 is 2.33 bits per heavy atom. The summed E-state index contributed by atoms with van der Waals surface area (Å²) in [6, 6.07) is 0. The maximum atomic E-state index is 9.76. The smallest absolute Gasteiger partial charge is 0.206 e. The summed E-state index contributed by atoms with van der Waals surface area (Å²) >= 11 is 0. The van der Waals surface area contributed by atoms with Gasteiger partial charge in [-0.2, -0.15) is 0 Å². The van der Waals surface area contributed by atoms with Crippen LogP contribution in [-0.4, -0.2) is 15.2 Å². The fraction of sp³-hybridized carbons (Fsp3) is 1.00. The van der Waals surface area contributed by atoms with Crippen LogP contribution in [0.3, 0.4) is 0 Å². The number of hydrogen-bond donors (Lipinski definition) is 0. The van der Waals surface area contributed by atoms with Gasteiger partial charge in [0.25, 0.3) is 0 Å². The molecule has 0 heterocycles. The van der Waals surface area contributed by atoms with Crippen molar-refractivity contribution in [1.82, 2.24) is 0 Å². The molecule has 0 saturated carbocycles. The molecule has 0 amide bonds. The molecule has 0 aliphatic heterocycles. The molecule has 5 heteroatoms. The van der Waals surface area contributed by atoms with Gasteiger partial charge in [0.1, 0.15) is 0 Å². The zero-order valence-electron chi connectivity index (χ0n) is 3.25. The van der Waals surface area contributed by atoms with E-state index in [9.17, 15) is 4.57 Å². The van der Waals surface area contributed by atoms with Crippen LogP contribution in [0.4, 0.5) is 0 Å². The van der Waals surface area contributed by atoms with Crippen LogP contribution in [0.15, 0.2) is 0 Å². The fourth-order valence-electron chi connectivity index (χ4n) is 0.0430. The molecule has 2 radical (unpaired) electrons. The quantitative estimate of drug-likeness (QED) is 0.376. The normalized spacial score (nSPS) is 11.2. The first-order chi connectivity index (χ1) is 2.81. The van der Waals surface area contributed by atoms with Crippen LogP contribution in [0, 0.1) is 0 Å². The maximum Gasteiger partial charge on any atom is 0.679 e. The highest BCUT2D eigenvalue weighted by molar-refractivity contribution is 7.34. The SMILES string of the molecule is [B]O[P+](=O)OC. The Morgan fingerprint density at radius 2 is 2.33 bits per heavy atom. The molecular formula is CH3BO3P+. The molecular weight excluding hydrogens is 102 g/mol. The van der Waals surface area contributed by atoms with Gasteiger partial charge >= 0.3 is 16.3 Å². The van der Waals surface area contributed by atoms with Crippen molar-refractivity contribution in [3.63, 3.8) is 0 Å². The molecule has 1 unspecified atom stereocenters. The molecule has 32 valence electrons. The van der Waals surface area contributed by atoms with Gasteiger partial charge in [0.15, 0.2) is 0 Å². The van der Waals surface area contributed by atoms with Gasteiger partial charge < -0.3 is 0 Å². The van der Waals surface area contributed by atoms with E-state index in [1.807, 2.05) is 0 Å². The lowest BCUT2D eigenvalue weighted by Crippen LogP contribution is -1.69. The van der Waals surface area contributed by atoms with Crippen LogP contribution in [0.5, 0.6) is 0 Å².